The monoisotopic (exact) mass is 271 g/mol. The summed E-state index contributed by atoms with van der Waals surface area (Å²) < 4.78 is 11.0. The summed E-state index contributed by atoms with van der Waals surface area (Å²) in [6, 6.07) is 15.3. The van der Waals surface area contributed by atoms with Crippen molar-refractivity contribution in [3.63, 3.8) is 0 Å². The normalized spacial score (nSPS) is 10.1. The van der Waals surface area contributed by atoms with Crippen LogP contribution < -0.4 is 15.2 Å². The molecule has 0 atom stereocenters. The lowest BCUT2D eigenvalue weighted by atomic mass is 10.1. The van der Waals surface area contributed by atoms with E-state index >= 15 is 0 Å². The number of carbonyl (C=O) groups excluding carboxylic acids is 1. The lowest BCUT2D eigenvalue weighted by Crippen LogP contribution is -2.13. The van der Waals surface area contributed by atoms with E-state index in [1.807, 2.05) is 36.4 Å². The molecule has 2 aromatic carbocycles. The molecule has 0 bridgehead atoms. The van der Waals surface area contributed by atoms with Crippen LogP contribution in [0.2, 0.25) is 0 Å². The Morgan fingerprint density at radius 2 is 1.80 bits per heavy atom. The fourth-order valence-electron chi connectivity index (χ4n) is 1.88. The molecule has 2 aromatic rings. The van der Waals surface area contributed by atoms with Gasteiger partial charge in [-0.25, -0.2) is 0 Å². The van der Waals surface area contributed by atoms with Gasteiger partial charge in [-0.15, -0.1) is 0 Å². The molecule has 4 heteroatoms. The molecule has 20 heavy (non-hydrogen) atoms. The average molecular weight is 271 g/mol. The van der Waals surface area contributed by atoms with Crippen LogP contribution >= 0.6 is 0 Å². The molecule has 0 spiro atoms. The Morgan fingerprint density at radius 1 is 1.05 bits per heavy atom. The van der Waals surface area contributed by atoms with E-state index in [0.29, 0.717) is 18.1 Å². The van der Waals surface area contributed by atoms with Crippen LogP contribution in [0.1, 0.15) is 11.1 Å². The van der Waals surface area contributed by atoms with Crippen LogP contribution in [0.15, 0.2) is 48.5 Å². The summed E-state index contributed by atoms with van der Waals surface area (Å²) >= 11 is 0. The Bertz CT molecular complexity index is 582. The molecule has 0 fully saturated rings. The third-order valence-corrected chi connectivity index (χ3v) is 2.84. The van der Waals surface area contributed by atoms with Crippen molar-refractivity contribution >= 4 is 5.91 Å². The van der Waals surface area contributed by atoms with Crippen molar-refractivity contribution in [1.82, 2.24) is 0 Å². The van der Waals surface area contributed by atoms with Gasteiger partial charge in [0.05, 0.1) is 13.5 Å². The van der Waals surface area contributed by atoms with Crippen molar-refractivity contribution in [2.75, 3.05) is 7.11 Å². The highest BCUT2D eigenvalue weighted by atomic mass is 16.5. The smallest absolute Gasteiger partial charge is 0.221 e. The van der Waals surface area contributed by atoms with E-state index in [4.69, 9.17) is 15.2 Å². The van der Waals surface area contributed by atoms with Gasteiger partial charge in [-0.2, -0.15) is 0 Å². The van der Waals surface area contributed by atoms with Gasteiger partial charge < -0.3 is 15.2 Å². The molecule has 2 N–H and O–H groups in total. The van der Waals surface area contributed by atoms with E-state index in [0.717, 1.165) is 11.1 Å². The Morgan fingerprint density at radius 3 is 2.45 bits per heavy atom. The zero-order chi connectivity index (χ0) is 14.4. The van der Waals surface area contributed by atoms with Gasteiger partial charge in [0.15, 0.2) is 11.5 Å². The van der Waals surface area contributed by atoms with Gasteiger partial charge in [-0.3, -0.25) is 4.79 Å². The van der Waals surface area contributed by atoms with Gasteiger partial charge in [0, 0.05) is 0 Å². The van der Waals surface area contributed by atoms with Gasteiger partial charge >= 0.3 is 0 Å². The predicted octanol–water partition coefficient (Wildman–Crippen LogP) is 2.30. The molecule has 0 heterocycles. The van der Waals surface area contributed by atoms with E-state index in [2.05, 4.69) is 0 Å². The zero-order valence-electron chi connectivity index (χ0n) is 11.3. The molecule has 104 valence electrons. The number of ether oxygens (including phenoxy) is 2. The number of amides is 1. The maximum atomic E-state index is 10.9. The van der Waals surface area contributed by atoms with Crippen LogP contribution in [0.5, 0.6) is 11.5 Å². The largest absolute Gasteiger partial charge is 0.493 e. The van der Waals surface area contributed by atoms with E-state index in [1.54, 1.807) is 19.2 Å². The molecular weight excluding hydrogens is 254 g/mol. The highest BCUT2D eigenvalue weighted by Crippen LogP contribution is 2.29. The minimum Gasteiger partial charge on any atom is -0.493 e. The van der Waals surface area contributed by atoms with Crippen LogP contribution in [0, 0.1) is 0 Å². The highest BCUT2D eigenvalue weighted by molar-refractivity contribution is 5.76. The number of rotatable bonds is 6. The molecule has 0 aliphatic carbocycles. The van der Waals surface area contributed by atoms with Crippen molar-refractivity contribution < 1.29 is 14.3 Å². The molecule has 4 nitrogen and oxygen atoms in total. The van der Waals surface area contributed by atoms with Crippen LogP contribution in [-0.4, -0.2) is 13.0 Å². The molecule has 0 radical (unpaired) electrons. The topological polar surface area (TPSA) is 61.5 Å². The number of methoxy groups -OCH3 is 1. The van der Waals surface area contributed by atoms with Crippen LogP contribution in [0.4, 0.5) is 0 Å². The summed E-state index contributed by atoms with van der Waals surface area (Å²) in [6.45, 7) is 0.465. The maximum Gasteiger partial charge on any atom is 0.221 e. The number of benzene rings is 2. The number of hydrogen-bond donors (Lipinski definition) is 1. The summed E-state index contributed by atoms with van der Waals surface area (Å²) in [5, 5.41) is 0. The summed E-state index contributed by atoms with van der Waals surface area (Å²) in [5.74, 6) is 0.870. The van der Waals surface area contributed by atoms with Crippen LogP contribution in [0.3, 0.4) is 0 Å². The molecule has 0 saturated carbocycles. The minimum absolute atomic E-state index is 0.190. The second-order valence-electron chi connectivity index (χ2n) is 4.40. The number of nitrogens with two attached hydrogens (primary N) is 1. The second-order valence-corrected chi connectivity index (χ2v) is 4.40. The highest BCUT2D eigenvalue weighted by Gasteiger charge is 2.07. The van der Waals surface area contributed by atoms with E-state index < -0.39 is 0 Å². The molecule has 0 aromatic heterocycles. The van der Waals surface area contributed by atoms with Crippen LogP contribution in [0.25, 0.3) is 0 Å². The van der Waals surface area contributed by atoms with Crippen molar-refractivity contribution in [1.29, 1.82) is 0 Å². The van der Waals surface area contributed by atoms with Crippen molar-refractivity contribution in [2.24, 2.45) is 5.73 Å². The quantitative estimate of drug-likeness (QED) is 0.877. The standard InChI is InChI=1S/C16H17NO3/c1-19-15-9-13(10-16(17)18)7-8-14(15)20-11-12-5-3-2-4-6-12/h2-9H,10-11H2,1H3,(H2,17,18). The Kier molecular flexibility index (Phi) is 4.60. The van der Waals surface area contributed by atoms with Gasteiger partial charge in [-0.05, 0) is 23.3 Å². The first kappa shape index (κ1) is 13.9. The third kappa shape index (κ3) is 3.75. The molecule has 0 unspecified atom stereocenters. The van der Waals surface area contributed by atoms with Gasteiger partial charge in [-0.1, -0.05) is 36.4 Å². The average Bonchev–Trinajstić information content (AvgIpc) is 2.46. The SMILES string of the molecule is COc1cc(CC(N)=O)ccc1OCc1ccccc1. The number of hydrogen-bond acceptors (Lipinski definition) is 3. The first-order chi connectivity index (χ1) is 9.69. The number of primary amides is 1. The van der Waals surface area contributed by atoms with Crippen molar-refractivity contribution in [2.45, 2.75) is 13.0 Å². The molecule has 0 aliphatic rings. The van der Waals surface area contributed by atoms with Crippen LogP contribution in [-0.2, 0) is 17.8 Å². The summed E-state index contributed by atoms with van der Waals surface area (Å²) in [7, 11) is 1.57. The van der Waals surface area contributed by atoms with E-state index in [9.17, 15) is 4.79 Å². The van der Waals surface area contributed by atoms with Gasteiger partial charge in [0.2, 0.25) is 5.91 Å². The summed E-state index contributed by atoms with van der Waals surface area (Å²) in [5.41, 5.74) is 7.06. The fraction of sp³-hybridized carbons (Fsp3) is 0.188. The molecule has 1 amide bonds. The summed E-state index contributed by atoms with van der Waals surface area (Å²) in [6.07, 6.45) is 0.190. The number of carbonyl (C=O) groups is 1. The molecular formula is C16H17NO3. The Hall–Kier alpha value is -2.49. The molecule has 0 saturated heterocycles. The van der Waals surface area contributed by atoms with E-state index in [-0.39, 0.29) is 12.3 Å². The third-order valence-electron chi connectivity index (χ3n) is 2.84. The second kappa shape index (κ2) is 6.61. The lowest BCUT2D eigenvalue weighted by molar-refractivity contribution is -0.117. The maximum absolute atomic E-state index is 10.9. The van der Waals surface area contributed by atoms with Crippen molar-refractivity contribution in [3.8, 4) is 11.5 Å². The Labute approximate surface area is 118 Å². The van der Waals surface area contributed by atoms with Crippen molar-refractivity contribution in [3.05, 3.63) is 59.7 Å². The first-order valence-corrected chi connectivity index (χ1v) is 6.31. The predicted molar refractivity (Wildman–Crippen MR) is 76.7 cm³/mol. The lowest BCUT2D eigenvalue weighted by Gasteiger charge is -2.12. The fourth-order valence-corrected chi connectivity index (χ4v) is 1.88. The minimum atomic E-state index is -0.370. The van der Waals surface area contributed by atoms with Gasteiger partial charge in [0.25, 0.3) is 0 Å². The van der Waals surface area contributed by atoms with Gasteiger partial charge in [0.1, 0.15) is 6.61 Å². The van der Waals surface area contributed by atoms with E-state index in [1.165, 1.54) is 0 Å². The zero-order valence-corrected chi connectivity index (χ0v) is 11.3. The molecule has 0 aliphatic heterocycles. The molecule has 2 rings (SSSR count). The first-order valence-electron chi connectivity index (χ1n) is 6.31. The summed E-state index contributed by atoms with van der Waals surface area (Å²) in [4.78, 5) is 10.9. The Balaban J connectivity index is 2.09.